The Labute approximate surface area is 230 Å². The first kappa shape index (κ1) is 28.9. The Kier molecular flexibility index (Phi) is 9.94. The van der Waals surface area contributed by atoms with Crippen LogP contribution in [0.15, 0.2) is 72.4 Å². The smallest absolute Gasteiger partial charge is 0.243 e. The molecular formula is C25H32Cl2N6O3S. The summed E-state index contributed by atoms with van der Waals surface area (Å²) in [5.74, 6) is 0.316. The summed E-state index contributed by atoms with van der Waals surface area (Å²) < 4.78 is 29.5. The summed E-state index contributed by atoms with van der Waals surface area (Å²) in [5.41, 5.74) is 2.17. The molecule has 37 heavy (non-hydrogen) atoms. The van der Waals surface area contributed by atoms with E-state index < -0.39 is 10.0 Å². The van der Waals surface area contributed by atoms with Crippen molar-refractivity contribution >= 4 is 46.4 Å². The zero-order valence-corrected chi connectivity index (χ0v) is 22.9. The van der Waals surface area contributed by atoms with Crippen molar-refractivity contribution in [3.63, 3.8) is 0 Å². The molecule has 5 rings (SSSR count). The number of carbonyl (C=O) groups is 1. The van der Waals surface area contributed by atoms with Gasteiger partial charge in [0.25, 0.3) is 0 Å². The van der Waals surface area contributed by atoms with E-state index in [4.69, 9.17) is 0 Å². The highest BCUT2D eigenvalue weighted by atomic mass is 35.5. The highest BCUT2D eigenvalue weighted by molar-refractivity contribution is 7.89. The van der Waals surface area contributed by atoms with Gasteiger partial charge in [-0.2, -0.15) is 4.31 Å². The maximum absolute atomic E-state index is 13.2. The minimum atomic E-state index is -3.71. The number of amides is 1. The van der Waals surface area contributed by atoms with Crippen molar-refractivity contribution in [2.75, 3.05) is 44.2 Å². The van der Waals surface area contributed by atoms with Crippen LogP contribution in [0, 0.1) is 5.92 Å². The molecular weight excluding hydrogens is 535 g/mol. The van der Waals surface area contributed by atoms with Gasteiger partial charge in [0.15, 0.2) is 0 Å². The quantitative estimate of drug-likeness (QED) is 0.436. The monoisotopic (exact) mass is 566 g/mol. The third-order valence-electron chi connectivity index (χ3n) is 6.89. The number of rotatable bonds is 7. The molecule has 2 aliphatic heterocycles. The van der Waals surface area contributed by atoms with Gasteiger partial charge in [-0.05, 0) is 48.6 Å². The van der Waals surface area contributed by atoms with Crippen molar-refractivity contribution in [3.05, 3.63) is 73.1 Å². The number of hydrogen-bond acceptors (Lipinski definition) is 6. The lowest BCUT2D eigenvalue weighted by Gasteiger charge is -2.38. The zero-order chi connectivity index (χ0) is 24.3. The maximum Gasteiger partial charge on any atom is 0.243 e. The number of piperazine rings is 1. The number of piperidine rings is 1. The van der Waals surface area contributed by atoms with Crippen LogP contribution < -0.4 is 4.90 Å². The molecule has 0 spiro atoms. The maximum atomic E-state index is 13.2. The van der Waals surface area contributed by atoms with Gasteiger partial charge in [0.1, 0.15) is 0 Å². The van der Waals surface area contributed by atoms with Crippen molar-refractivity contribution in [3.8, 4) is 0 Å². The Morgan fingerprint density at radius 1 is 0.865 bits per heavy atom. The van der Waals surface area contributed by atoms with E-state index in [0.717, 1.165) is 31.5 Å². The van der Waals surface area contributed by atoms with Crippen LogP contribution in [0.3, 0.4) is 0 Å². The van der Waals surface area contributed by atoms with Crippen LogP contribution in [0.25, 0.3) is 0 Å². The second-order valence-electron chi connectivity index (χ2n) is 9.19. The molecule has 200 valence electrons. The van der Waals surface area contributed by atoms with Crippen molar-refractivity contribution in [2.24, 2.45) is 5.92 Å². The van der Waals surface area contributed by atoms with Gasteiger partial charge in [0, 0.05) is 69.7 Å². The van der Waals surface area contributed by atoms with Gasteiger partial charge in [-0.15, -0.1) is 24.8 Å². The molecule has 0 atom stereocenters. The molecule has 0 bridgehead atoms. The van der Waals surface area contributed by atoms with Crippen LogP contribution in [0.2, 0.25) is 0 Å². The molecule has 3 aromatic rings. The fourth-order valence-electron chi connectivity index (χ4n) is 4.83. The summed E-state index contributed by atoms with van der Waals surface area (Å²) in [7, 11) is -3.71. The molecule has 2 aliphatic rings. The van der Waals surface area contributed by atoms with Gasteiger partial charge in [-0.3, -0.25) is 9.78 Å². The summed E-state index contributed by atoms with van der Waals surface area (Å²) in [6, 6.07) is 10.9. The lowest BCUT2D eigenvalue weighted by Crippen LogP contribution is -2.53. The largest absolute Gasteiger partial charge is 0.371 e. The van der Waals surface area contributed by atoms with E-state index in [-0.39, 0.29) is 42.2 Å². The van der Waals surface area contributed by atoms with Gasteiger partial charge in [-0.1, -0.05) is 12.1 Å². The molecule has 9 nitrogen and oxygen atoms in total. The number of sulfonamides is 1. The number of benzene rings is 1. The molecule has 12 heteroatoms. The van der Waals surface area contributed by atoms with Gasteiger partial charge in [0.05, 0.1) is 17.8 Å². The van der Waals surface area contributed by atoms with E-state index in [2.05, 4.69) is 14.9 Å². The van der Waals surface area contributed by atoms with Gasteiger partial charge >= 0.3 is 0 Å². The molecule has 0 unspecified atom stereocenters. The highest BCUT2D eigenvalue weighted by Gasteiger charge is 2.34. The van der Waals surface area contributed by atoms with Crippen molar-refractivity contribution in [1.29, 1.82) is 0 Å². The Hall–Kier alpha value is -2.66. The second-order valence-corrected chi connectivity index (χ2v) is 11.1. The van der Waals surface area contributed by atoms with E-state index >= 15 is 0 Å². The topological polar surface area (TPSA) is 91.6 Å². The van der Waals surface area contributed by atoms with E-state index in [9.17, 15) is 13.2 Å². The Morgan fingerprint density at radius 3 is 2.19 bits per heavy atom. The fourth-order valence-corrected chi connectivity index (χ4v) is 6.21. The van der Waals surface area contributed by atoms with Crippen LogP contribution in [0.5, 0.6) is 0 Å². The van der Waals surface area contributed by atoms with Crippen LogP contribution >= 0.6 is 24.8 Å². The standard InChI is InChI=1S/C25H30N6O3S.2ClH/c32-25-19-31(35(33,34)24-3-1-21(2-4-24)17-28-14-11-27-20-28)16-15-30(25)18-22-7-12-29(13-8-22)23-5-9-26-10-6-23;;/h1-6,9-11,14,20,22H,7-8,12-13,15-19H2;2*1H. The SMILES string of the molecule is Cl.Cl.O=C1CN(S(=O)(=O)c2ccc(Cn3ccnc3)cc2)CCN1CC1CCN(c2ccncc2)CC1. The number of imidazole rings is 1. The predicted molar refractivity (Wildman–Crippen MR) is 147 cm³/mol. The second kappa shape index (κ2) is 12.7. The van der Waals surface area contributed by atoms with E-state index in [1.54, 1.807) is 24.7 Å². The molecule has 1 aromatic carbocycles. The minimum Gasteiger partial charge on any atom is -0.371 e. The number of carbonyl (C=O) groups excluding carboxylic acids is 1. The van der Waals surface area contributed by atoms with Crippen LogP contribution in [-0.2, 0) is 21.4 Å². The molecule has 1 amide bonds. The Balaban J connectivity index is 0.00000190. The Bertz CT molecular complexity index is 1240. The van der Waals surface area contributed by atoms with Crippen molar-refractivity contribution < 1.29 is 13.2 Å². The normalized spacial score (nSPS) is 17.2. The van der Waals surface area contributed by atoms with E-state index in [1.165, 1.54) is 9.99 Å². The zero-order valence-electron chi connectivity index (χ0n) is 20.4. The minimum absolute atomic E-state index is 0. The summed E-state index contributed by atoms with van der Waals surface area (Å²) in [6.45, 7) is 3.87. The molecule has 4 heterocycles. The van der Waals surface area contributed by atoms with Crippen LogP contribution in [-0.4, -0.2) is 77.3 Å². The molecule has 0 saturated carbocycles. The van der Waals surface area contributed by atoms with Crippen molar-refractivity contribution in [1.82, 2.24) is 23.7 Å². The summed E-state index contributed by atoms with van der Waals surface area (Å²) in [6.07, 6.45) is 10.9. The van der Waals surface area contributed by atoms with Gasteiger partial charge < -0.3 is 14.4 Å². The lowest BCUT2D eigenvalue weighted by molar-refractivity contribution is -0.134. The fraction of sp³-hybridized carbons (Fsp3) is 0.400. The number of anilines is 1. The number of halogens is 2. The third-order valence-corrected chi connectivity index (χ3v) is 8.75. The van der Waals surface area contributed by atoms with E-state index in [0.29, 0.717) is 32.1 Å². The number of hydrogen-bond donors (Lipinski definition) is 0. The molecule has 0 radical (unpaired) electrons. The summed E-state index contributed by atoms with van der Waals surface area (Å²) >= 11 is 0. The molecule has 0 aliphatic carbocycles. The number of pyridine rings is 1. The Morgan fingerprint density at radius 2 is 1.57 bits per heavy atom. The number of nitrogens with zero attached hydrogens (tertiary/aromatic N) is 6. The predicted octanol–water partition coefficient (Wildman–Crippen LogP) is 2.92. The third kappa shape index (κ3) is 6.81. The average molecular weight is 568 g/mol. The molecule has 2 fully saturated rings. The summed E-state index contributed by atoms with van der Waals surface area (Å²) in [4.78, 5) is 25.4. The van der Waals surface area contributed by atoms with E-state index in [1.807, 2.05) is 52.3 Å². The molecule has 2 saturated heterocycles. The highest BCUT2D eigenvalue weighted by Crippen LogP contribution is 2.25. The van der Waals surface area contributed by atoms with Gasteiger partial charge in [-0.25, -0.2) is 13.4 Å². The van der Waals surface area contributed by atoms with Crippen LogP contribution in [0.1, 0.15) is 18.4 Å². The molecule has 0 N–H and O–H groups in total. The molecule has 2 aromatic heterocycles. The first-order valence-corrected chi connectivity index (χ1v) is 13.4. The van der Waals surface area contributed by atoms with Crippen molar-refractivity contribution in [2.45, 2.75) is 24.3 Å². The van der Waals surface area contributed by atoms with Gasteiger partial charge in [0.2, 0.25) is 15.9 Å². The number of aromatic nitrogens is 3. The lowest BCUT2D eigenvalue weighted by atomic mass is 9.95. The average Bonchev–Trinajstić information content (AvgIpc) is 3.40. The first-order chi connectivity index (χ1) is 17.0. The summed E-state index contributed by atoms with van der Waals surface area (Å²) in [5, 5.41) is 0. The first-order valence-electron chi connectivity index (χ1n) is 12.0. The van der Waals surface area contributed by atoms with Crippen LogP contribution in [0.4, 0.5) is 5.69 Å².